The van der Waals surface area contributed by atoms with E-state index in [0.29, 0.717) is 40.9 Å². The highest BCUT2D eigenvalue weighted by molar-refractivity contribution is 5.87. The van der Waals surface area contributed by atoms with Crippen LogP contribution in [0.1, 0.15) is 124 Å². The van der Waals surface area contributed by atoms with Crippen LogP contribution in [-0.4, -0.2) is 23.8 Å². The van der Waals surface area contributed by atoms with Crippen molar-refractivity contribution in [3.63, 3.8) is 0 Å². The largest absolute Gasteiger partial charge is 0.494 e. The van der Waals surface area contributed by atoms with Crippen LogP contribution in [-0.2, 0) is 16.1 Å². The van der Waals surface area contributed by atoms with Crippen molar-refractivity contribution in [2.45, 2.75) is 125 Å². The van der Waals surface area contributed by atoms with Gasteiger partial charge in [-0.2, -0.15) is 0 Å². The van der Waals surface area contributed by atoms with Crippen molar-refractivity contribution < 1.29 is 19.4 Å². The first kappa shape index (κ1) is 34.3. The molecule has 0 aliphatic heterocycles. The second-order valence-corrected chi connectivity index (χ2v) is 16.1. The summed E-state index contributed by atoms with van der Waals surface area (Å²) in [6.45, 7) is 17.2. The van der Waals surface area contributed by atoms with Crippen molar-refractivity contribution in [2.24, 2.45) is 58.2 Å². The average Bonchev–Trinajstić information content (AvgIpc) is 3.38. The lowest BCUT2D eigenvalue weighted by atomic mass is 9.44. The van der Waals surface area contributed by atoms with Gasteiger partial charge in [0.25, 0.3) is 0 Å². The van der Waals surface area contributed by atoms with Gasteiger partial charge in [0, 0.05) is 11.6 Å². The quantitative estimate of drug-likeness (QED) is 0.152. The first-order valence-electron chi connectivity index (χ1n) is 18.5. The van der Waals surface area contributed by atoms with Crippen molar-refractivity contribution >= 4 is 12.0 Å². The van der Waals surface area contributed by atoms with E-state index in [1.807, 2.05) is 25.1 Å². The van der Waals surface area contributed by atoms with Crippen molar-refractivity contribution in [2.75, 3.05) is 6.61 Å². The Bertz CT molecular complexity index is 1220. The molecule has 0 amide bonds. The molecule has 1 aromatic rings. The molecule has 0 radical (unpaired) electrons. The molecule has 45 heavy (non-hydrogen) atoms. The van der Waals surface area contributed by atoms with E-state index in [0.717, 1.165) is 53.6 Å². The summed E-state index contributed by atoms with van der Waals surface area (Å²) >= 11 is 0. The van der Waals surface area contributed by atoms with Crippen molar-refractivity contribution in [3.05, 3.63) is 47.6 Å². The van der Waals surface area contributed by atoms with Gasteiger partial charge >= 0.3 is 5.97 Å². The Kier molecular flexibility index (Phi) is 10.9. The number of hydrogen-bond acceptors (Lipinski definition) is 4. The molecule has 4 saturated carbocycles. The number of hydrogen-bond donors (Lipinski definition) is 1. The Hall–Kier alpha value is -2.07. The van der Waals surface area contributed by atoms with Crippen LogP contribution in [0.4, 0.5) is 0 Å². The standard InChI is InChI=1S/C41H62O4/c1-8-30(27(3)4)13-10-28(5)35-16-17-36-34-15-14-32-25-33(20-22-40(32,6)37(34)21-23-41(35,36)7)45-39(43)19-12-29-11-18-38(44-9-2)31(24-29)26-42/h10-13,18-19,24,27-28,30,32-37,42H,8-9,14-17,20-23,25-26H2,1-7H3/b13-10+,19-12+. The number of aliphatic hydroxyl groups is 1. The van der Waals surface area contributed by atoms with E-state index in [2.05, 4.69) is 53.7 Å². The molecular formula is C41H62O4. The van der Waals surface area contributed by atoms with Gasteiger partial charge in [0.1, 0.15) is 11.9 Å². The van der Waals surface area contributed by atoms with E-state index in [1.165, 1.54) is 51.4 Å². The zero-order valence-corrected chi connectivity index (χ0v) is 29.4. The number of fused-ring (bicyclic) bond motifs is 5. The molecule has 1 N–H and O–H groups in total. The maximum atomic E-state index is 12.9. The molecule has 0 saturated heterocycles. The lowest BCUT2D eigenvalue weighted by molar-refractivity contribution is -0.157. The van der Waals surface area contributed by atoms with Gasteiger partial charge in [-0.15, -0.1) is 0 Å². The van der Waals surface area contributed by atoms with E-state index in [1.54, 1.807) is 12.2 Å². The van der Waals surface area contributed by atoms with Gasteiger partial charge < -0.3 is 14.6 Å². The molecule has 250 valence electrons. The third-order valence-corrected chi connectivity index (χ3v) is 13.6. The summed E-state index contributed by atoms with van der Waals surface area (Å²) in [7, 11) is 0. The molecule has 0 bridgehead atoms. The van der Waals surface area contributed by atoms with Crippen LogP contribution in [0.25, 0.3) is 6.08 Å². The van der Waals surface area contributed by atoms with Crippen molar-refractivity contribution in [1.82, 2.24) is 0 Å². The van der Waals surface area contributed by atoms with E-state index in [-0.39, 0.29) is 18.7 Å². The molecule has 5 rings (SSSR count). The van der Waals surface area contributed by atoms with Gasteiger partial charge in [0.15, 0.2) is 0 Å². The fourth-order valence-corrected chi connectivity index (χ4v) is 11.0. The molecular weight excluding hydrogens is 556 g/mol. The maximum Gasteiger partial charge on any atom is 0.331 e. The lowest BCUT2D eigenvalue weighted by Gasteiger charge is -2.61. The van der Waals surface area contributed by atoms with Crippen molar-refractivity contribution in [3.8, 4) is 5.75 Å². The van der Waals surface area contributed by atoms with Crippen molar-refractivity contribution in [1.29, 1.82) is 0 Å². The molecule has 10 unspecified atom stereocenters. The minimum atomic E-state index is -0.260. The Labute approximate surface area is 274 Å². The second kappa shape index (κ2) is 14.4. The summed E-state index contributed by atoms with van der Waals surface area (Å²) in [6.07, 6.45) is 21.1. The molecule has 0 heterocycles. The normalized spacial score (nSPS) is 36.0. The minimum absolute atomic E-state index is 0.0141. The van der Waals surface area contributed by atoms with Gasteiger partial charge in [0.2, 0.25) is 0 Å². The Balaban J connectivity index is 1.18. The molecule has 0 aromatic heterocycles. The van der Waals surface area contributed by atoms with E-state index in [9.17, 15) is 9.90 Å². The number of allylic oxidation sites excluding steroid dienone is 2. The average molecular weight is 619 g/mol. The molecule has 4 heteroatoms. The molecule has 0 spiro atoms. The SMILES string of the molecule is CCOc1ccc(/C=C/C(=O)OC2CCC3(C)C(CCC4C3CCC3(C)C(C(C)/C=C/C(CC)C(C)C)CCC43)C2)cc1CO. The van der Waals surface area contributed by atoms with E-state index < -0.39 is 0 Å². The number of carbonyl (C=O) groups is 1. The summed E-state index contributed by atoms with van der Waals surface area (Å²) in [5, 5.41) is 9.70. The number of esters is 1. The fourth-order valence-electron chi connectivity index (χ4n) is 11.0. The van der Waals surface area contributed by atoms with Gasteiger partial charge in [0.05, 0.1) is 13.2 Å². The molecule has 4 aliphatic carbocycles. The minimum Gasteiger partial charge on any atom is -0.494 e. The van der Waals surface area contributed by atoms with Crippen LogP contribution in [0.2, 0.25) is 0 Å². The third kappa shape index (κ3) is 6.97. The van der Waals surface area contributed by atoms with Crippen LogP contribution in [0.3, 0.4) is 0 Å². The summed E-state index contributed by atoms with van der Waals surface area (Å²) in [4.78, 5) is 12.9. The van der Waals surface area contributed by atoms with Crippen LogP contribution in [0, 0.1) is 58.2 Å². The summed E-state index contributed by atoms with van der Waals surface area (Å²) < 4.78 is 11.6. The van der Waals surface area contributed by atoms with Gasteiger partial charge in [-0.05, 0) is 153 Å². The highest BCUT2D eigenvalue weighted by Crippen LogP contribution is 2.68. The zero-order chi connectivity index (χ0) is 32.4. The highest BCUT2D eigenvalue weighted by atomic mass is 16.5. The van der Waals surface area contributed by atoms with Crippen LogP contribution in [0.5, 0.6) is 5.75 Å². The lowest BCUT2D eigenvalue weighted by Crippen LogP contribution is -2.54. The van der Waals surface area contributed by atoms with E-state index >= 15 is 0 Å². The van der Waals surface area contributed by atoms with E-state index in [4.69, 9.17) is 9.47 Å². The maximum absolute atomic E-state index is 12.9. The number of rotatable bonds is 11. The molecule has 4 aliphatic rings. The highest BCUT2D eigenvalue weighted by Gasteiger charge is 2.60. The predicted molar refractivity (Wildman–Crippen MR) is 185 cm³/mol. The van der Waals surface area contributed by atoms with Crippen LogP contribution < -0.4 is 4.74 Å². The summed E-state index contributed by atoms with van der Waals surface area (Å²) in [6, 6.07) is 5.63. The zero-order valence-electron chi connectivity index (χ0n) is 29.4. The molecule has 10 atom stereocenters. The molecule has 4 fully saturated rings. The monoisotopic (exact) mass is 618 g/mol. The number of carbonyl (C=O) groups excluding carboxylic acids is 1. The topological polar surface area (TPSA) is 55.8 Å². The number of ether oxygens (including phenoxy) is 2. The van der Waals surface area contributed by atoms with Crippen LogP contribution >= 0.6 is 0 Å². The van der Waals surface area contributed by atoms with Gasteiger partial charge in [-0.25, -0.2) is 4.79 Å². The number of aliphatic hydroxyl groups excluding tert-OH is 1. The summed E-state index contributed by atoms with van der Waals surface area (Å²) in [5.74, 6) is 6.54. The smallest absolute Gasteiger partial charge is 0.331 e. The number of benzene rings is 1. The fraction of sp³-hybridized carbons (Fsp3) is 0.732. The van der Waals surface area contributed by atoms with Crippen LogP contribution in [0.15, 0.2) is 36.4 Å². The Morgan fingerprint density at radius 2 is 1.73 bits per heavy atom. The second-order valence-electron chi connectivity index (χ2n) is 16.1. The Morgan fingerprint density at radius 1 is 0.978 bits per heavy atom. The molecule has 4 nitrogen and oxygen atoms in total. The summed E-state index contributed by atoms with van der Waals surface area (Å²) in [5.41, 5.74) is 2.44. The first-order chi connectivity index (χ1) is 21.5. The molecule has 1 aromatic carbocycles. The van der Waals surface area contributed by atoms with Gasteiger partial charge in [-0.3, -0.25) is 0 Å². The predicted octanol–water partition coefficient (Wildman–Crippen LogP) is 10.0. The third-order valence-electron chi connectivity index (χ3n) is 13.6. The van der Waals surface area contributed by atoms with Gasteiger partial charge in [-0.1, -0.05) is 59.8 Å². The Morgan fingerprint density at radius 3 is 2.44 bits per heavy atom. The first-order valence-corrected chi connectivity index (χ1v) is 18.5.